The van der Waals surface area contributed by atoms with Crippen molar-refractivity contribution in [2.75, 3.05) is 32.7 Å². The molecule has 0 saturated heterocycles. The highest BCUT2D eigenvalue weighted by Crippen LogP contribution is 2.20. The first kappa shape index (κ1) is 12.9. The van der Waals surface area contributed by atoms with Crippen molar-refractivity contribution in [3.05, 3.63) is 11.6 Å². The Balaban J connectivity index is 2.01. The number of hydrogen-bond donors (Lipinski definition) is 1. The molecule has 86 valence electrons. The molecule has 0 spiro atoms. The summed E-state index contributed by atoms with van der Waals surface area (Å²) >= 11 is 3.12. The monoisotopic (exact) mass is 249 g/mol. The molecule has 6 heteroatoms. The summed E-state index contributed by atoms with van der Waals surface area (Å²) in [5, 5.41) is 11.5. The Morgan fingerprint density at radius 1 is 1.60 bits per heavy atom. The average molecular weight is 249 g/mol. The van der Waals surface area contributed by atoms with Crippen LogP contribution >= 0.6 is 23.1 Å². The number of rotatable bonds is 8. The van der Waals surface area contributed by atoms with Gasteiger partial charge in [-0.2, -0.15) is 0 Å². The van der Waals surface area contributed by atoms with E-state index < -0.39 is 6.10 Å². The SMILES string of the molecule is COCCOCC(O)CSc1nccs1. The van der Waals surface area contributed by atoms with Gasteiger partial charge in [0.15, 0.2) is 0 Å². The van der Waals surface area contributed by atoms with E-state index in [-0.39, 0.29) is 0 Å². The van der Waals surface area contributed by atoms with Crippen LogP contribution in [0.5, 0.6) is 0 Å². The minimum atomic E-state index is -0.448. The largest absolute Gasteiger partial charge is 0.390 e. The van der Waals surface area contributed by atoms with Crippen LogP contribution in [0.25, 0.3) is 0 Å². The van der Waals surface area contributed by atoms with Gasteiger partial charge in [0.05, 0.1) is 25.9 Å². The van der Waals surface area contributed by atoms with E-state index in [0.29, 0.717) is 25.6 Å². The molecule has 0 aromatic carbocycles. The maximum Gasteiger partial charge on any atom is 0.149 e. The molecule has 1 aromatic heterocycles. The van der Waals surface area contributed by atoms with Gasteiger partial charge in [0, 0.05) is 24.4 Å². The summed E-state index contributed by atoms with van der Waals surface area (Å²) in [6.07, 6.45) is 1.31. The average Bonchev–Trinajstić information content (AvgIpc) is 2.74. The zero-order chi connectivity index (χ0) is 10.9. The Morgan fingerprint density at radius 2 is 2.47 bits per heavy atom. The predicted molar refractivity (Wildman–Crippen MR) is 61.5 cm³/mol. The molecule has 15 heavy (non-hydrogen) atoms. The van der Waals surface area contributed by atoms with Gasteiger partial charge in [-0.3, -0.25) is 0 Å². The second kappa shape index (κ2) is 8.06. The minimum absolute atomic E-state index is 0.349. The van der Waals surface area contributed by atoms with Gasteiger partial charge in [-0.1, -0.05) is 11.8 Å². The highest BCUT2D eigenvalue weighted by Gasteiger charge is 2.06. The quantitative estimate of drug-likeness (QED) is 0.555. The summed E-state index contributed by atoms with van der Waals surface area (Å²) in [4.78, 5) is 4.11. The van der Waals surface area contributed by atoms with Crippen molar-refractivity contribution in [1.29, 1.82) is 0 Å². The van der Waals surface area contributed by atoms with Gasteiger partial charge in [-0.25, -0.2) is 4.98 Å². The maximum absolute atomic E-state index is 9.54. The molecule has 1 atom stereocenters. The molecule has 1 aromatic rings. The standard InChI is InChI=1S/C9H15NO3S2/c1-12-3-4-13-6-8(11)7-15-9-10-2-5-14-9/h2,5,8,11H,3-4,6-7H2,1H3. The van der Waals surface area contributed by atoms with E-state index >= 15 is 0 Å². The van der Waals surface area contributed by atoms with Gasteiger partial charge in [-0.15, -0.1) is 11.3 Å². The first-order chi connectivity index (χ1) is 7.33. The second-order valence-corrected chi connectivity index (χ2v) is 4.99. The van der Waals surface area contributed by atoms with E-state index in [9.17, 15) is 5.11 Å². The van der Waals surface area contributed by atoms with E-state index in [0.717, 1.165) is 4.34 Å². The Morgan fingerprint density at radius 3 is 3.13 bits per heavy atom. The molecule has 1 unspecified atom stereocenters. The first-order valence-electron chi connectivity index (χ1n) is 4.60. The number of hydrogen-bond acceptors (Lipinski definition) is 6. The molecule has 0 saturated carbocycles. The lowest BCUT2D eigenvalue weighted by molar-refractivity contribution is 0.0218. The van der Waals surface area contributed by atoms with E-state index in [1.165, 1.54) is 0 Å². The zero-order valence-electron chi connectivity index (χ0n) is 8.59. The van der Waals surface area contributed by atoms with Crippen molar-refractivity contribution >= 4 is 23.1 Å². The van der Waals surface area contributed by atoms with Crippen LogP contribution in [0.2, 0.25) is 0 Å². The van der Waals surface area contributed by atoms with Crippen molar-refractivity contribution in [2.24, 2.45) is 0 Å². The van der Waals surface area contributed by atoms with E-state index in [1.54, 1.807) is 36.4 Å². The molecule has 0 aliphatic heterocycles. The van der Waals surface area contributed by atoms with Crippen molar-refractivity contribution in [2.45, 2.75) is 10.4 Å². The number of thioether (sulfide) groups is 1. The lowest BCUT2D eigenvalue weighted by Crippen LogP contribution is -2.19. The van der Waals surface area contributed by atoms with Crippen molar-refractivity contribution in [1.82, 2.24) is 4.98 Å². The smallest absolute Gasteiger partial charge is 0.149 e. The van der Waals surface area contributed by atoms with E-state index in [1.807, 2.05) is 5.38 Å². The number of aromatic nitrogens is 1. The van der Waals surface area contributed by atoms with Gasteiger partial charge in [-0.05, 0) is 0 Å². The Labute approximate surface area is 97.6 Å². The van der Waals surface area contributed by atoms with Crippen LogP contribution in [0, 0.1) is 0 Å². The van der Waals surface area contributed by atoms with Crippen molar-refractivity contribution < 1.29 is 14.6 Å². The summed E-state index contributed by atoms with van der Waals surface area (Å²) in [5.41, 5.74) is 0. The molecule has 1 heterocycles. The number of methoxy groups -OCH3 is 1. The van der Waals surface area contributed by atoms with Crippen LogP contribution in [-0.2, 0) is 9.47 Å². The lowest BCUT2D eigenvalue weighted by atomic mass is 10.4. The molecule has 0 radical (unpaired) electrons. The highest BCUT2D eigenvalue weighted by molar-refractivity contribution is 8.01. The summed E-state index contributed by atoms with van der Waals surface area (Å²) in [7, 11) is 1.62. The fourth-order valence-corrected chi connectivity index (χ4v) is 2.43. The molecule has 0 amide bonds. The van der Waals surface area contributed by atoms with Crippen LogP contribution in [0.4, 0.5) is 0 Å². The molecule has 0 bridgehead atoms. The topological polar surface area (TPSA) is 51.6 Å². The molecule has 0 fully saturated rings. The molecule has 4 nitrogen and oxygen atoms in total. The van der Waals surface area contributed by atoms with Gasteiger partial charge >= 0.3 is 0 Å². The zero-order valence-corrected chi connectivity index (χ0v) is 10.2. The van der Waals surface area contributed by atoms with E-state index in [4.69, 9.17) is 9.47 Å². The summed E-state index contributed by atoms with van der Waals surface area (Å²) in [6, 6.07) is 0. The molecule has 0 aliphatic rings. The molecule has 1 N–H and O–H groups in total. The fourth-order valence-electron chi connectivity index (χ4n) is 0.859. The highest BCUT2D eigenvalue weighted by atomic mass is 32.2. The third kappa shape index (κ3) is 6.11. The van der Waals surface area contributed by atoms with E-state index in [2.05, 4.69) is 4.98 Å². The van der Waals surface area contributed by atoms with Crippen LogP contribution in [0.15, 0.2) is 15.9 Å². The molecular weight excluding hydrogens is 234 g/mol. The lowest BCUT2D eigenvalue weighted by Gasteiger charge is -2.09. The normalized spacial score (nSPS) is 12.9. The van der Waals surface area contributed by atoms with Crippen LogP contribution in [-0.4, -0.2) is 48.9 Å². The van der Waals surface area contributed by atoms with Crippen LogP contribution in [0.1, 0.15) is 0 Å². The molecule has 0 aliphatic carbocycles. The van der Waals surface area contributed by atoms with Gasteiger partial charge < -0.3 is 14.6 Å². The molecule has 1 rings (SSSR count). The summed E-state index contributed by atoms with van der Waals surface area (Å²) in [5.74, 6) is 0.612. The van der Waals surface area contributed by atoms with Crippen LogP contribution < -0.4 is 0 Å². The van der Waals surface area contributed by atoms with Crippen molar-refractivity contribution in [3.8, 4) is 0 Å². The van der Waals surface area contributed by atoms with Gasteiger partial charge in [0.2, 0.25) is 0 Å². The first-order valence-corrected chi connectivity index (χ1v) is 6.46. The predicted octanol–water partition coefficient (Wildman–Crippen LogP) is 1.26. The summed E-state index contributed by atoms with van der Waals surface area (Å²) in [6.45, 7) is 1.43. The number of ether oxygens (including phenoxy) is 2. The van der Waals surface area contributed by atoms with Gasteiger partial charge in [0.25, 0.3) is 0 Å². The number of thiazole rings is 1. The Hall–Kier alpha value is -0.140. The third-order valence-electron chi connectivity index (χ3n) is 1.55. The Bertz CT molecular complexity index is 244. The van der Waals surface area contributed by atoms with Gasteiger partial charge in [0.1, 0.15) is 4.34 Å². The third-order valence-corrected chi connectivity index (χ3v) is 3.66. The Kier molecular flexibility index (Phi) is 6.95. The van der Waals surface area contributed by atoms with Crippen LogP contribution in [0.3, 0.4) is 0 Å². The maximum atomic E-state index is 9.54. The summed E-state index contributed by atoms with van der Waals surface area (Å²) < 4.78 is 11.0. The minimum Gasteiger partial charge on any atom is -0.390 e. The second-order valence-electron chi connectivity index (χ2n) is 2.83. The number of nitrogens with zero attached hydrogens (tertiary/aromatic N) is 1. The number of aliphatic hydroxyl groups excluding tert-OH is 1. The van der Waals surface area contributed by atoms with Crippen molar-refractivity contribution in [3.63, 3.8) is 0 Å². The molecular formula is C9H15NO3S2. The number of aliphatic hydroxyl groups is 1. The fraction of sp³-hybridized carbons (Fsp3) is 0.667.